The molecule has 0 unspecified atom stereocenters. The van der Waals surface area contributed by atoms with Gasteiger partial charge >= 0.3 is 0 Å². The minimum Gasteiger partial charge on any atom is -0.266 e. The molecule has 80 valence electrons. The predicted molar refractivity (Wildman–Crippen MR) is 67.7 cm³/mol. The molecule has 2 heteroatoms. The van der Waals surface area contributed by atoms with Crippen molar-refractivity contribution < 1.29 is 0 Å². The van der Waals surface area contributed by atoms with Crippen LogP contribution in [-0.2, 0) is 6.42 Å². The molecule has 0 heterocycles. The molecule has 1 aromatic carbocycles. The molecule has 0 atom stereocenters. The molecule has 0 aliphatic heterocycles. The standard InChI is InChI=1S/C13H16ClN/c1-3-11(2)15-10-4-5-12-6-8-13(14)9-7-12/h3,6-10H,4-5H2,1-2H3/b11-3-,15-10?. The van der Waals surface area contributed by atoms with Gasteiger partial charge in [0.2, 0.25) is 0 Å². The molecule has 0 N–H and O–H groups in total. The maximum atomic E-state index is 5.80. The molecule has 0 saturated heterocycles. The lowest BCUT2D eigenvalue weighted by Crippen LogP contribution is -1.85. The Labute approximate surface area is 96.5 Å². The summed E-state index contributed by atoms with van der Waals surface area (Å²) in [6.07, 6.45) is 5.94. The highest BCUT2D eigenvalue weighted by Gasteiger charge is 1.91. The van der Waals surface area contributed by atoms with E-state index in [4.69, 9.17) is 11.6 Å². The zero-order valence-corrected chi connectivity index (χ0v) is 9.96. The van der Waals surface area contributed by atoms with Crippen LogP contribution in [0.3, 0.4) is 0 Å². The fourth-order valence-electron chi connectivity index (χ4n) is 1.17. The van der Waals surface area contributed by atoms with Crippen molar-refractivity contribution in [3.05, 3.63) is 46.6 Å². The van der Waals surface area contributed by atoms with Crippen molar-refractivity contribution in [3.63, 3.8) is 0 Å². The van der Waals surface area contributed by atoms with E-state index in [2.05, 4.69) is 17.1 Å². The Morgan fingerprint density at radius 3 is 2.60 bits per heavy atom. The third-order valence-electron chi connectivity index (χ3n) is 2.19. The molecule has 1 aromatic rings. The van der Waals surface area contributed by atoms with Gasteiger partial charge in [-0.15, -0.1) is 0 Å². The van der Waals surface area contributed by atoms with Crippen LogP contribution in [0.1, 0.15) is 25.8 Å². The number of nitrogens with zero attached hydrogens (tertiary/aromatic N) is 1. The summed E-state index contributed by atoms with van der Waals surface area (Å²) in [6.45, 7) is 3.99. The molecule has 0 spiro atoms. The summed E-state index contributed by atoms with van der Waals surface area (Å²) in [4.78, 5) is 4.29. The van der Waals surface area contributed by atoms with Crippen molar-refractivity contribution in [2.75, 3.05) is 0 Å². The van der Waals surface area contributed by atoms with Crippen LogP contribution in [0.2, 0.25) is 5.02 Å². The molecule has 0 aliphatic rings. The third kappa shape index (κ3) is 4.80. The molecule has 0 amide bonds. The van der Waals surface area contributed by atoms with Crippen molar-refractivity contribution in [3.8, 4) is 0 Å². The van der Waals surface area contributed by atoms with Gasteiger partial charge in [-0.1, -0.05) is 29.8 Å². The van der Waals surface area contributed by atoms with Crippen molar-refractivity contribution in [2.45, 2.75) is 26.7 Å². The second-order valence-corrected chi connectivity index (χ2v) is 3.84. The summed E-state index contributed by atoms with van der Waals surface area (Å²) in [5.41, 5.74) is 2.36. The number of aryl methyl sites for hydroxylation is 1. The van der Waals surface area contributed by atoms with Crippen LogP contribution in [0.25, 0.3) is 0 Å². The van der Waals surface area contributed by atoms with Gasteiger partial charge in [0.25, 0.3) is 0 Å². The molecule has 0 fully saturated rings. The summed E-state index contributed by atoms with van der Waals surface area (Å²) in [7, 11) is 0. The lowest BCUT2D eigenvalue weighted by atomic mass is 10.1. The lowest BCUT2D eigenvalue weighted by molar-refractivity contribution is 1.05. The summed E-state index contributed by atoms with van der Waals surface area (Å²) >= 11 is 5.80. The smallest absolute Gasteiger partial charge is 0.0406 e. The minimum atomic E-state index is 0.789. The van der Waals surface area contributed by atoms with E-state index in [1.807, 2.05) is 38.3 Å². The fraction of sp³-hybridized carbons (Fsp3) is 0.308. The number of allylic oxidation sites excluding steroid dienone is 2. The highest BCUT2D eigenvalue weighted by Crippen LogP contribution is 2.10. The molecule has 1 rings (SSSR count). The van der Waals surface area contributed by atoms with E-state index in [0.29, 0.717) is 0 Å². The molecular formula is C13H16ClN. The SMILES string of the molecule is C/C=C(/C)N=CCCc1ccc(Cl)cc1. The molecule has 1 nitrogen and oxygen atoms in total. The summed E-state index contributed by atoms with van der Waals surface area (Å²) in [5, 5.41) is 0.789. The average molecular weight is 222 g/mol. The van der Waals surface area contributed by atoms with Crippen LogP contribution in [0.15, 0.2) is 41.0 Å². The van der Waals surface area contributed by atoms with Crippen LogP contribution < -0.4 is 0 Å². The maximum absolute atomic E-state index is 5.80. The second-order valence-electron chi connectivity index (χ2n) is 3.41. The number of benzene rings is 1. The number of hydrogen-bond acceptors (Lipinski definition) is 1. The fourth-order valence-corrected chi connectivity index (χ4v) is 1.29. The summed E-state index contributed by atoms with van der Waals surface area (Å²) in [5.74, 6) is 0. The van der Waals surface area contributed by atoms with Gasteiger partial charge in [0.05, 0.1) is 0 Å². The Balaban J connectivity index is 2.38. The van der Waals surface area contributed by atoms with Gasteiger partial charge in [0.15, 0.2) is 0 Å². The van der Waals surface area contributed by atoms with Gasteiger partial charge in [0.1, 0.15) is 0 Å². The summed E-state index contributed by atoms with van der Waals surface area (Å²) < 4.78 is 0. The normalized spacial score (nSPS) is 12.3. The van der Waals surface area contributed by atoms with Gasteiger partial charge in [-0.3, -0.25) is 4.99 Å². The Hall–Kier alpha value is -1.08. The van der Waals surface area contributed by atoms with Crippen molar-refractivity contribution >= 4 is 17.8 Å². The van der Waals surface area contributed by atoms with E-state index in [1.165, 1.54) is 5.56 Å². The average Bonchev–Trinajstić information content (AvgIpc) is 2.26. The van der Waals surface area contributed by atoms with Crippen LogP contribution in [-0.4, -0.2) is 6.21 Å². The van der Waals surface area contributed by atoms with Gasteiger partial charge in [0, 0.05) is 16.9 Å². The maximum Gasteiger partial charge on any atom is 0.0406 e. The summed E-state index contributed by atoms with van der Waals surface area (Å²) in [6, 6.07) is 7.95. The molecule has 0 bridgehead atoms. The number of halogens is 1. The second kappa shape index (κ2) is 6.41. The number of aliphatic imine (C=N–C) groups is 1. The molecule has 15 heavy (non-hydrogen) atoms. The Kier molecular flexibility index (Phi) is 5.13. The van der Waals surface area contributed by atoms with Gasteiger partial charge in [-0.25, -0.2) is 0 Å². The lowest BCUT2D eigenvalue weighted by Gasteiger charge is -1.97. The first kappa shape index (κ1) is 12.0. The van der Waals surface area contributed by atoms with E-state index in [-0.39, 0.29) is 0 Å². The van der Waals surface area contributed by atoms with Crippen LogP contribution in [0.4, 0.5) is 0 Å². The van der Waals surface area contributed by atoms with E-state index < -0.39 is 0 Å². The van der Waals surface area contributed by atoms with Crippen LogP contribution in [0.5, 0.6) is 0 Å². The zero-order valence-electron chi connectivity index (χ0n) is 9.20. The topological polar surface area (TPSA) is 12.4 Å². The third-order valence-corrected chi connectivity index (χ3v) is 2.44. The predicted octanol–water partition coefficient (Wildman–Crippen LogP) is 4.27. The minimum absolute atomic E-state index is 0.789. The highest BCUT2D eigenvalue weighted by atomic mass is 35.5. The van der Waals surface area contributed by atoms with E-state index in [0.717, 1.165) is 23.6 Å². The Morgan fingerprint density at radius 2 is 2.00 bits per heavy atom. The van der Waals surface area contributed by atoms with E-state index >= 15 is 0 Å². The molecule has 0 aromatic heterocycles. The quantitative estimate of drug-likeness (QED) is 0.674. The van der Waals surface area contributed by atoms with E-state index in [9.17, 15) is 0 Å². The zero-order chi connectivity index (χ0) is 11.1. The van der Waals surface area contributed by atoms with Crippen molar-refractivity contribution in [1.29, 1.82) is 0 Å². The Bertz CT molecular complexity index is 349. The van der Waals surface area contributed by atoms with Crippen LogP contribution >= 0.6 is 11.6 Å². The number of hydrogen-bond donors (Lipinski definition) is 0. The van der Waals surface area contributed by atoms with Gasteiger partial charge in [-0.05, 0) is 44.4 Å². The first-order valence-corrected chi connectivity index (χ1v) is 5.50. The molecule has 0 aliphatic carbocycles. The first-order chi connectivity index (χ1) is 7.22. The molecule has 0 saturated carbocycles. The van der Waals surface area contributed by atoms with Crippen molar-refractivity contribution in [1.82, 2.24) is 0 Å². The largest absolute Gasteiger partial charge is 0.266 e. The monoisotopic (exact) mass is 221 g/mol. The number of rotatable bonds is 4. The molecular weight excluding hydrogens is 206 g/mol. The van der Waals surface area contributed by atoms with E-state index in [1.54, 1.807) is 0 Å². The first-order valence-electron chi connectivity index (χ1n) is 5.12. The molecule has 0 radical (unpaired) electrons. The highest BCUT2D eigenvalue weighted by molar-refractivity contribution is 6.30. The van der Waals surface area contributed by atoms with Gasteiger partial charge in [-0.2, -0.15) is 0 Å². The Morgan fingerprint density at radius 1 is 1.33 bits per heavy atom. The van der Waals surface area contributed by atoms with Crippen molar-refractivity contribution in [2.24, 2.45) is 4.99 Å². The van der Waals surface area contributed by atoms with Gasteiger partial charge < -0.3 is 0 Å². The van der Waals surface area contributed by atoms with Crippen LogP contribution in [0, 0.1) is 0 Å².